The number of nitrogens with two attached hydrogens (primary N) is 1. The maximum absolute atomic E-state index is 13.2. The van der Waals surface area contributed by atoms with E-state index in [1.54, 1.807) is 19.1 Å². The van der Waals surface area contributed by atoms with Crippen molar-refractivity contribution in [1.29, 1.82) is 0 Å². The van der Waals surface area contributed by atoms with Crippen LogP contribution in [0.4, 0.5) is 10.6 Å². The van der Waals surface area contributed by atoms with Crippen LogP contribution in [0.5, 0.6) is 0 Å². The molecule has 0 radical (unpaired) electrons. The van der Waals surface area contributed by atoms with Gasteiger partial charge < -0.3 is 11.1 Å². The Bertz CT molecular complexity index is 1250. The number of anilines is 1. The van der Waals surface area contributed by atoms with Crippen LogP contribution in [0.2, 0.25) is 0 Å². The first kappa shape index (κ1) is 23.0. The van der Waals surface area contributed by atoms with Crippen LogP contribution in [0.1, 0.15) is 49.2 Å². The van der Waals surface area contributed by atoms with Gasteiger partial charge in [-0.25, -0.2) is 9.59 Å². The zero-order valence-electron chi connectivity index (χ0n) is 19.0. The van der Waals surface area contributed by atoms with Crippen LogP contribution in [0.15, 0.2) is 33.9 Å². The van der Waals surface area contributed by atoms with Crippen molar-refractivity contribution in [1.82, 2.24) is 19.4 Å². The second kappa shape index (κ2) is 7.47. The normalized spacial score (nSPS) is 18.8. The second-order valence-corrected chi connectivity index (χ2v) is 9.16. The highest BCUT2D eigenvalue weighted by atomic mass is 16.2. The van der Waals surface area contributed by atoms with Crippen LogP contribution in [0, 0.1) is 0 Å². The Morgan fingerprint density at radius 1 is 1.03 bits per heavy atom. The van der Waals surface area contributed by atoms with Gasteiger partial charge in [0.15, 0.2) is 5.78 Å². The molecule has 3 amide bonds. The van der Waals surface area contributed by atoms with Crippen molar-refractivity contribution in [2.45, 2.75) is 38.6 Å². The van der Waals surface area contributed by atoms with Gasteiger partial charge in [-0.15, -0.1) is 0 Å². The van der Waals surface area contributed by atoms with Crippen LogP contribution in [-0.2, 0) is 29.8 Å². The van der Waals surface area contributed by atoms with Gasteiger partial charge in [0, 0.05) is 14.1 Å². The molecule has 0 spiro atoms. The summed E-state index contributed by atoms with van der Waals surface area (Å²) in [5.74, 6) is -1.79. The molecule has 1 fully saturated rings. The summed E-state index contributed by atoms with van der Waals surface area (Å²) in [5.41, 5.74) is 3.98. The van der Waals surface area contributed by atoms with Crippen molar-refractivity contribution in [2.24, 2.45) is 14.1 Å². The minimum Gasteiger partial charge on any atom is -0.384 e. The topological polar surface area (TPSA) is 136 Å². The van der Waals surface area contributed by atoms with Gasteiger partial charge in [-0.05, 0) is 23.5 Å². The number of urea groups is 1. The number of amides is 3. The second-order valence-electron chi connectivity index (χ2n) is 9.16. The molecule has 3 rings (SSSR count). The number of hydrogen-bond donors (Lipinski definition) is 2. The van der Waals surface area contributed by atoms with E-state index in [0.29, 0.717) is 5.56 Å². The van der Waals surface area contributed by atoms with Crippen LogP contribution < -0.4 is 22.3 Å². The lowest BCUT2D eigenvalue weighted by atomic mass is 9.84. The summed E-state index contributed by atoms with van der Waals surface area (Å²) in [6.07, 6.45) is 0. The molecule has 1 atom stereocenters. The smallest absolute Gasteiger partial charge is 0.332 e. The van der Waals surface area contributed by atoms with Crippen molar-refractivity contribution in [3.05, 3.63) is 61.8 Å². The summed E-state index contributed by atoms with van der Waals surface area (Å²) in [7, 11) is 2.53. The molecule has 1 aliphatic rings. The molecule has 10 nitrogen and oxygen atoms in total. The molecule has 1 aromatic heterocycles. The summed E-state index contributed by atoms with van der Waals surface area (Å²) in [5, 5.41) is 2.64. The fourth-order valence-electron chi connectivity index (χ4n) is 3.68. The minimum atomic E-state index is -1.37. The monoisotopic (exact) mass is 441 g/mol. The lowest BCUT2D eigenvalue weighted by Crippen LogP contribution is -2.44. The summed E-state index contributed by atoms with van der Waals surface area (Å²) >= 11 is 0. The van der Waals surface area contributed by atoms with E-state index in [0.717, 1.165) is 19.6 Å². The first-order valence-corrected chi connectivity index (χ1v) is 10.0. The maximum Gasteiger partial charge on any atom is 0.332 e. The van der Waals surface area contributed by atoms with Crippen molar-refractivity contribution in [3.8, 4) is 0 Å². The van der Waals surface area contributed by atoms with Crippen LogP contribution >= 0.6 is 0 Å². The van der Waals surface area contributed by atoms with Gasteiger partial charge in [-0.3, -0.25) is 28.4 Å². The average molecular weight is 441 g/mol. The number of rotatable bonds is 4. The van der Waals surface area contributed by atoms with Gasteiger partial charge in [0.05, 0.1) is 6.54 Å². The van der Waals surface area contributed by atoms with Crippen LogP contribution in [0.3, 0.4) is 0 Å². The Labute approximate surface area is 184 Å². The number of nitrogens with zero attached hydrogens (tertiary/aromatic N) is 3. The Morgan fingerprint density at radius 2 is 1.59 bits per heavy atom. The largest absolute Gasteiger partial charge is 0.384 e. The molecule has 3 N–H and O–H groups in total. The molecule has 1 unspecified atom stereocenters. The molecule has 2 aromatic rings. The van der Waals surface area contributed by atoms with E-state index in [9.17, 15) is 24.0 Å². The highest BCUT2D eigenvalue weighted by molar-refractivity contribution is 6.12. The first-order chi connectivity index (χ1) is 14.7. The highest BCUT2D eigenvalue weighted by Gasteiger charge is 2.49. The van der Waals surface area contributed by atoms with E-state index in [1.807, 2.05) is 12.1 Å². The number of aromatic nitrogens is 2. The van der Waals surface area contributed by atoms with Gasteiger partial charge in [0.25, 0.3) is 11.5 Å². The van der Waals surface area contributed by atoms with E-state index in [4.69, 9.17) is 5.73 Å². The number of imide groups is 1. The number of Topliss-reactive ketones (excluding diaryl/α,β-unsaturated/α-hetero) is 1. The Hall–Kier alpha value is -3.69. The van der Waals surface area contributed by atoms with Crippen LogP contribution in [0.25, 0.3) is 0 Å². The number of benzene rings is 1. The van der Waals surface area contributed by atoms with Gasteiger partial charge in [-0.2, -0.15) is 0 Å². The summed E-state index contributed by atoms with van der Waals surface area (Å²) in [6, 6.07) is 6.56. The number of ketones is 1. The molecule has 1 saturated heterocycles. The fourth-order valence-corrected chi connectivity index (χ4v) is 3.68. The maximum atomic E-state index is 13.2. The summed E-state index contributed by atoms with van der Waals surface area (Å²) in [4.78, 5) is 63.8. The fraction of sp³-hybridized carbons (Fsp3) is 0.409. The third kappa shape index (κ3) is 3.51. The average Bonchev–Trinajstić information content (AvgIpc) is 2.94. The molecule has 0 bridgehead atoms. The summed E-state index contributed by atoms with van der Waals surface area (Å²) in [6.45, 7) is 7.07. The quantitative estimate of drug-likeness (QED) is 0.527. The van der Waals surface area contributed by atoms with Gasteiger partial charge in [0.2, 0.25) is 0 Å². The lowest BCUT2D eigenvalue weighted by molar-refractivity contribution is -0.130. The molecular formula is C22H27N5O5. The van der Waals surface area contributed by atoms with Gasteiger partial charge in [0.1, 0.15) is 16.9 Å². The van der Waals surface area contributed by atoms with E-state index in [-0.39, 0.29) is 11.2 Å². The zero-order valence-corrected chi connectivity index (χ0v) is 19.0. The third-order valence-electron chi connectivity index (χ3n) is 5.89. The number of hydrogen-bond acceptors (Lipinski definition) is 6. The lowest BCUT2D eigenvalue weighted by Gasteiger charge is -2.24. The van der Waals surface area contributed by atoms with E-state index >= 15 is 0 Å². The minimum absolute atomic E-state index is 0.0806. The third-order valence-corrected chi connectivity index (χ3v) is 5.89. The molecular weight excluding hydrogens is 414 g/mol. The van der Waals surface area contributed by atoms with Crippen molar-refractivity contribution in [3.63, 3.8) is 0 Å². The predicted molar refractivity (Wildman–Crippen MR) is 118 cm³/mol. The molecule has 2 heterocycles. The molecule has 0 aliphatic carbocycles. The molecule has 32 heavy (non-hydrogen) atoms. The predicted octanol–water partition coefficient (Wildman–Crippen LogP) is 0.614. The molecule has 0 saturated carbocycles. The standard InChI is InChI=1S/C22H27N5O5/c1-21(2,3)12-7-9-13(10-8-12)22(4)18(30)27(19(31)24-22)11-14(28)15-16(23)25(5)20(32)26(6)17(15)29/h7-10H,11,23H2,1-6H3,(H,24,31). The van der Waals surface area contributed by atoms with Crippen molar-refractivity contribution in [2.75, 3.05) is 12.3 Å². The summed E-state index contributed by atoms with van der Waals surface area (Å²) < 4.78 is 1.71. The number of carbonyl (C=O) groups excluding carboxylic acids is 3. The Kier molecular flexibility index (Phi) is 5.36. The van der Waals surface area contributed by atoms with Gasteiger partial charge >= 0.3 is 11.7 Å². The van der Waals surface area contributed by atoms with Crippen molar-refractivity contribution >= 4 is 23.5 Å². The van der Waals surface area contributed by atoms with Crippen LogP contribution in [-0.4, -0.2) is 38.3 Å². The first-order valence-electron chi connectivity index (χ1n) is 10.0. The number of nitrogens with one attached hydrogen (secondary N) is 1. The van der Waals surface area contributed by atoms with Crippen molar-refractivity contribution < 1.29 is 14.4 Å². The zero-order chi connectivity index (χ0) is 24.2. The van der Waals surface area contributed by atoms with E-state index in [2.05, 4.69) is 26.1 Å². The Morgan fingerprint density at radius 3 is 2.12 bits per heavy atom. The molecule has 10 heteroatoms. The van der Waals surface area contributed by atoms with E-state index < -0.39 is 46.6 Å². The molecule has 170 valence electrons. The van der Waals surface area contributed by atoms with E-state index in [1.165, 1.54) is 14.1 Å². The highest BCUT2D eigenvalue weighted by Crippen LogP contribution is 2.31. The SMILES string of the molecule is Cn1c(N)c(C(=O)CN2C(=O)NC(C)(c3ccc(C(C)(C)C)cc3)C2=O)c(=O)n(C)c1=O. The van der Waals surface area contributed by atoms with Gasteiger partial charge in [-0.1, -0.05) is 45.0 Å². The number of carbonyl (C=O) groups is 3. The Balaban J connectivity index is 1.93. The molecule has 1 aromatic carbocycles. The number of nitrogen functional groups attached to an aromatic ring is 1. The molecule has 1 aliphatic heterocycles.